The van der Waals surface area contributed by atoms with Crippen molar-refractivity contribution in [2.24, 2.45) is 0 Å². The number of nitrogens with zero attached hydrogens (tertiary/aromatic N) is 2. The molecule has 0 atom stereocenters. The number of aromatic nitrogens is 1. The number of hydrogen-bond acceptors (Lipinski definition) is 2. The molecule has 1 heterocycles. The Balaban J connectivity index is 2.96. The first-order chi connectivity index (χ1) is 10.0. The van der Waals surface area contributed by atoms with E-state index in [0.29, 0.717) is 5.69 Å². The quantitative estimate of drug-likeness (QED) is 0.920. The van der Waals surface area contributed by atoms with Crippen molar-refractivity contribution in [3.05, 3.63) is 35.0 Å². The standard InChI is InChI=1S/C15H13F3N2O2/c1-8-6-10-11(20(8)14(2,3)13(21)22)5-4-9(7-19)12(10)15(16,17)18/h4-6H,1-3H3,(H,21,22). The third-order valence-corrected chi connectivity index (χ3v) is 3.66. The van der Waals surface area contributed by atoms with Crippen molar-refractivity contribution in [1.29, 1.82) is 5.26 Å². The molecule has 0 aliphatic carbocycles. The van der Waals surface area contributed by atoms with E-state index < -0.39 is 28.8 Å². The Hall–Kier alpha value is -2.49. The molecule has 1 aromatic heterocycles. The molecule has 1 aromatic carbocycles. The molecule has 116 valence electrons. The van der Waals surface area contributed by atoms with E-state index in [0.717, 1.165) is 6.07 Å². The molecule has 0 unspecified atom stereocenters. The van der Waals surface area contributed by atoms with Crippen molar-refractivity contribution < 1.29 is 23.1 Å². The van der Waals surface area contributed by atoms with Gasteiger partial charge in [-0.05, 0) is 39.0 Å². The number of alkyl halides is 3. The predicted molar refractivity (Wildman–Crippen MR) is 73.3 cm³/mol. The van der Waals surface area contributed by atoms with Crippen LogP contribution in [0.1, 0.15) is 30.7 Å². The second-order valence-electron chi connectivity index (χ2n) is 5.52. The van der Waals surface area contributed by atoms with Gasteiger partial charge in [0.15, 0.2) is 0 Å². The molecule has 0 aliphatic rings. The number of rotatable bonds is 2. The summed E-state index contributed by atoms with van der Waals surface area (Å²) in [6.45, 7) is 4.36. The van der Waals surface area contributed by atoms with Gasteiger partial charge >= 0.3 is 12.1 Å². The highest BCUT2D eigenvalue weighted by atomic mass is 19.4. The maximum atomic E-state index is 13.3. The normalized spacial score (nSPS) is 12.4. The molecular formula is C15H13F3N2O2. The summed E-state index contributed by atoms with van der Waals surface area (Å²) in [5, 5.41) is 18.1. The lowest BCUT2D eigenvalue weighted by Crippen LogP contribution is -2.36. The van der Waals surface area contributed by atoms with Gasteiger partial charge in [0.1, 0.15) is 5.54 Å². The lowest BCUT2D eigenvalue weighted by atomic mass is 10.0. The lowest BCUT2D eigenvalue weighted by Gasteiger charge is -2.25. The Morgan fingerprint density at radius 3 is 2.36 bits per heavy atom. The highest BCUT2D eigenvalue weighted by molar-refractivity contribution is 5.90. The molecule has 0 bridgehead atoms. The molecule has 0 saturated carbocycles. The summed E-state index contributed by atoms with van der Waals surface area (Å²) in [4.78, 5) is 11.4. The summed E-state index contributed by atoms with van der Waals surface area (Å²) in [6, 6.07) is 5.22. The molecule has 0 fully saturated rings. The summed E-state index contributed by atoms with van der Waals surface area (Å²) >= 11 is 0. The number of benzene rings is 1. The van der Waals surface area contributed by atoms with Crippen LogP contribution in [0, 0.1) is 18.3 Å². The van der Waals surface area contributed by atoms with Gasteiger partial charge in [0.2, 0.25) is 0 Å². The van der Waals surface area contributed by atoms with Crippen LogP contribution in [-0.2, 0) is 16.5 Å². The molecule has 1 N–H and O–H groups in total. The Bertz CT molecular complexity index is 811. The van der Waals surface area contributed by atoms with E-state index in [1.54, 1.807) is 0 Å². The van der Waals surface area contributed by atoms with Crippen LogP contribution in [0.3, 0.4) is 0 Å². The Morgan fingerprint density at radius 1 is 1.32 bits per heavy atom. The first-order valence-electron chi connectivity index (χ1n) is 6.38. The van der Waals surface area contributed by atoms with E-state index in [9.17, 15) is 23.1 Å². The van der Waals surface area contributed by atoms with Crippen LogP contribution in [0.5, 0.6) is 0 Å². The van der Waals surface area contributed by atoms with Gasteiger partial charge in [-0.3, -0.25) is 0 Å². The first-order valence-corrected chi connectivity index (χ1v) is 6.38. The van der Waals surface area contributed by atoms with Gasteiger partial charge in [-0.2, -0.15) is 18.4 Å². The van der Waals surface area contributed by atoms with Crippen LogP contribution in [0.4, 0.5) is 13.2 Å². The third-order valence-electron chi connectivity index (χ3n) is 3.66. The predicted octanol–water partition coefficient (Wildman–Crippen LogP) is 3.66. The van der Waals surface area contributed by atoms with Gasteiger partial charge < -0.3 is 9.67 Å². The summed E-state index contributed by atoms with van der Waals surface area (Å²) in [7, 11) is 0. The molecule has 0 amide bonds. The third kappa shape index (κ3) is 2.21. The van der Waals surface area contributed by atoms with Crippen molar-refractivity contribution in [3.63, 3.8) is 0 Å². The molecule has 0 spiro atoms. The van der Waals surface area contributed by atoms with Crippen LogP contribution < -0.4 is 0 Å². The number of carboxylic acids is 1. The average Bonchev–Trinajstić information content (AvgIpc) is 2.71. The molecule has 7 heteroatoms. The van der Waals surface area contributed by atoms with E-state index in [2.05, 4.69) is 0 Å². The van der Waals surface area contributed by atoms with Crippen LogP contribution in [0.25, 0.3) is 10.9 Å². The van der Waals surface area contributed by atoms with E-state index >= 15 is 0 Å². The first kappa shape index (κ1) is 15.9. The minimum atomic E-state index is -4.70. The zero-order valence-electron chi connectivity index (χ0n) is 12.1. The molecule has 2 rings (SSSR count). The van der Waals surface area contributed by atoms with Crippen molar-refractivity contribution in [3.8, 4) is 6.07 Å². The van der Waals surface area contributed by atoms with Crippen LogP contribution in [0.2, 0.25) is 0 Å². The fraction of sp³-hybridized carbons (Fsp3) is 0.333. The van der Waals surface area contributed by atoms with E-state index in [-0.39, 0.29) is 10.9 Å². The zero-order valence-corrected chi connectivity index (χ0v) is 12.1. The van der Waals surface area contributed by atoms with E-state index in [1.807, 2.05) is 0 Å². The molecule has 2 aromatic rings. The van der Waals surface area contributed by atoms with Gasteiger partial charge in [-0.25, -0.2) is 4.79 Å². The van der Waals surface area contributed by atoms with Crippen molar-refractivity contribution in [2.75, 3.05) is 0 Å². The molecule has 0 aliphatic heterocycles. The van der Waals surface area contributed by atoms with Crippen LogP contribution >= 0.6 is 0 Å². The summed E-state index contributed by atoms with van der Waals surface area (Å²) in [5.41, 5.74) is -2.41. The topological polar surface area (TPSA) is 66.0 Å². The fourth-order valence-electron chi connectivity index (χ4n) is 2.65. The van der Waals surface area contributed by atoms with Crippen molar-refractivity contribution in [2.45, 2.75) is 32.5 Å². The molecule has 0 radical (unpaired) electrons. The Labute approximate surface area is 124 Å². The van der Waals surface area contributed by atoms with Crippen molar-refractivity contribution >= 4 is 16.9 Å². The van der Waals surface area contributed by atoms with Gasteiger partial charge in [0.25, 0.3) is 0 Å². The fourth-order valence-corrected chi connectivity index (χ4v) is 2.65. The average molecular weight is 310 g/mol. The van der Waals surface area contributed by atoms with E-state index in [1.165, 1.54) is 43.5 Å². The van der Waals surface area contributed by atoms with E-state index in [4.69, 9.17) is 5.26 Å². The van der Waals surface area contributed by atoms with Crippen LogP contribution in [-0.4, -0.2) is 15.6 Å². The molecule has 4 nitrogen and oxygen atoms in total. The number of aryl methyl sites for hydroxylation is 1. The van der Waals surface area contributed by atoms with Crippen LogP contribution in [0.15, 0.2) is 18.2 Å². The Morgan fingerprint density at radius 2 is 1.91 bits per heavy atom. The highest BCUT2D eigenvalue weighted by Crippen LogP contribution is 2.39. The largest absolute Gasteiger partial charge is 0.480 e. The number of hydrogen-bond donors (Lipinski definition) is 1. The van der Waals surface area contributed by atoms with Gasteiger partial charge in [0.05, 0.1) is 17.2 Å². The monoisotopic (exact) mass is 310 g/mol. The molecular weight excluding hydrogens is 297 g/mol. The minimum absolute atomic E-state index is 0.135. The van der Waals surface area contributed by atoms with Gasteiger partial charge in [0, 0.05) is 16.6 Å². The number of halogens is 3. The molecule has 0 saturated heterocycles. The van der Waals surface area contributed by atoms with Gasteiger partial charge in [-0.15, -0.1) is 0 Å². The zero-order chi connectivity index (χ0) is 16.9. The molecule has 22 heavy (non-hydrogen) atoms. The second kappa shape index (κ2) is 4.77. The number of carboxylic acid groups (broad SMARTS) is 1. The maximum absolute atomic E-state index is 13.3. The number of nitriles is 1. The maximum Gasteiger partial charge on any atom is 0.418 e. The smallest absolute Gasteiger partial charge is 0.418 e. The summed E-state index contributed by atoms with van der Waals surface area (Å²) in [5.74, 6) is -1.16. The lowest BCUT2D eigenvalue weighted by molar-refractivity contribution is -0.145. The minimum Gasteiger partial charge on any atom is -0.480 e. The number of carbonyl (C=O) groups is 1. The van der Waals surface area contributed by atoms with Crippen molar-refractivity contribution in [1.82, 2.24) is 4.57 Å². The SMILES string of the molecule is Cc1cc2c(C(F)(F)F)c(C#N)ccc2n1C(C)(C)C(=O)O. The summed E-state index contributed by atoms with van der Waals surface area (Å²) in [6.07, 6.45) is -4.70. The number of fused-ring (bicyclic) bond motifs is 1. The summed E-state index contributed by atoms with van der Waals surface area (Å²) < 4.78 is 41.2. The second-order valence-corrected chi connectivity index (χ2v) is 5.52. The number of aliphatic carboxylic acids is 1. The highest BCUT2D eigenvalue weighted by Gasteiger charge is 2.38. The van der Waals surface area contributed by atoms with Gasteiger partial charge in [-0.1, -0.05) is 0 Å². The Kier molecular flexibility index (Phi) is 3.44.